The second kappa shape index (κ2) is 6.17. The van der Waals surface area contributed by atoms with Gasteiger partial charge in [-0.05, 0) is 36.3 Å². The van der Waals surface area contributed by atoms with Gasteiger partial charge in [0, 0.05) is 0 Å². The molecule has 2 rings (SSSR count). The van der Waals surface area contributed by atoms with Gasteiger partial charge in [0.2, 0.25) is 0 Å². The largest absolute Gasteiger partial charge is 0.416 e. The van der Waals surface area contributed by atoms with Gasteiger partial charge in [-0.25, -0.2) is 0 Å². The molecule has 1 aliphatic rings. The Balaban J connectivity index is 2.16. The molecule has 0 saturated heterocycles. The third-order valence-electron chi connectivity index (χ3n) is 4.50. The molecule has 0 amide bonds. The molecule has 1 unspecified atom stereocenters. The van der Waals surface area contributed by atoms with E-state index in [1.165, 1.54) is 12.1 Å². The Morgan fingerprint density at radius 1 is 1.15 bits per heavy atom. The minimum Gasteiger partial charge on any atom is -0.388 e. The predicted octanol–water partition coefficient (Wildman–Crippen LogP) is 4.96. The molecule has 112 valence electrons. The highest BCUT2D eigenvalue weighted by atomic mass is 19.4. The second-order valence-electron chi connectivity index (χ2n) is 5.72. The predicted molar refractivity (Wildman–Crippen MR) is 72.1 cm³/mol. The Morgan fingerprint density at radius 2 is 1.75 bits per heavy atom. The van der Waals surface area contributed by atoms with Crippen LogP contribution in [0, 0.1) is 11.8 Å². The summed E-state index contributed by atoms with van der Waals surface area (Å²) in [5, 5.41) is 10.3. The number of benzene rings is 1. The lowest BCUT2D eigenvalue weighted by molar-refractivity contribution is -0.139. The van der Waals surface area contributed by atoms with Gasteiger partial charge in [-0.15, -0.1) is 0 Å². The molecular formula is C16H21F3O. The number of aliphatic hydroxyl groups excluding tert-OH is 1. The smallest absolute Gasteiger partial charge is 0.388 e. The molecule has 1 aromatic carbocycles. The maximum absolute atomic E-state index is 13.0. The summed E-state index contributed by atoms with van der Waals surface area (Å²) < 4.78 is 38.9. The summed E-state index contributed by atoms with van der Waals surface area (Å²) in [6.07, 6.45) is -0.665. The SMILES string of the molecule is CCC1CCC(C(O)c2ccccc2C(F)(F)F)CC1. The van der Waals surface area contributed by atoms with Crippen molar-refractivity contribution in [3.05, 3.63) is 35.4 Å². The van der Waals surface area contributed by atoms with Gasteiger partial charge in [0.1, 0.15) is 0 Å². The van der Waals surface area contributed by atoms with Gasteiger partial charge in [-0.3, -0.25) is 0 Å². The van der Waals surface area contributed by atoms with E-state index in [9.17, 15) is 18.3 Å². The fraction of sp³-hybridized carbons (Fsp3) is 0.625. The van der Waals surface area contributed by atoms with Crippen molar-refractivity contribution < 1.29 is 18.3 Å². The highest BCUT2D eigenvalue weighted by Crippen LogP contribution is 2.41. The van der Waals surface area contributed by atoms with Crippen LogP contribution in [0.3, 0.4) is 0 Å². The van der Waals surface area contributed by atoms with Crippen molar-refractivity contribution in [2.75, 3.05) is 0 Å². The summed E-state index contributed by atoms with van der Waals surface area (Å²) in [7, 11) is 0. The van der Waals surface area contributed by atoms with Crippen LogP contribution in [-0.2, 0) is 6.18 Å². The average Bonchev–Trinajstić information content (AvgIpc) is 2.46. The third-order valence-corrected chi connectivity index (χ3v) is 4.50. The van der Waals surface area contributed by atoms with Crippen molar-refractivity contribution in [1.29, 1.82) is 0 Å². The molecule has 0 heterocycles. The molecule has 1 atom stereocenters. The molecule has 1 fully saturated rings. The Morgan fingerprint density at radius 3 is 2.30 bits per heavy atom. The van der Waals surface area contributed by atoms with Crippen LogP contribution in [0.1, 0.15) is 56.3 Å². The van der Waals surface area contributed by atoms with Gasteiger partial charge in [0.15, 0.2) is 0 Å². The molecule has 4 heteroatoms. The highest BCUT2D eigenvalue weighted by molar-refractivity contribution is 5.31. The van der Waals surface area contributed by atoms with Gasteiger partial charge in [-0.2, -0.15) is 13.2 Å². The van der Waals surface area contributed by atoms with Gasteiger partial charge >= 0.3 is 6.18 Å². The molecule has 1 nitrogen and oxygen atoms in total. The summed E-state index contributed by atoms with van der Waals surface area (Å²) in [5.74, 6) is 0.609. The minimum absolute atomic E-state index is 0.0277. The molecular weight excluding hydrogens is 265 g/mol. The number of hydrogen-bond acceptors (Lipinski definition) is 1. The van der Waals surface area contributed by atoms with Crippen LogP contribution in [-0.4, -0.2) is 5.11 Å². The van der Waals surface area contributed by atoms with Crippen molar-refractivity contribution in [3.8, 4) is 0 Å². The molecule has 0 spiro atoms. The summed E-state index contributed by atoms with van der Waals surface area (Å²) in [6.45, 7) is 2.14. The zero-order chi connectivity index (χ0) is 14.8. The molecule has 1 aliphatic carbocycles. The number of alkyl halides is 3. The first-order valence-electron chi connectivity index (χ1n) is 7.27. The number of halogens is 3. The van der Waals surface area contributed by atoms with Crippen molar-refractivity contribution in [2.24, 2.45) is 11.8 Å². The molecule has 1 saturated carbocycles. The van der Waals surface area contributed by atoms with Crippen LogP contribution in [0.5, 0.6) is 0 Å². The molecule has 0 aromatic heterocycles. The van der Waals surface area contributed by atoms with Crippen LogP contribution in [0.25, 0.3) is 0 Å². The fourth-order valence-corrected chi connectivity index (χ4v) is 3.18. The Hall–Kier alpha value is -1.03. The number of aliphatic hydroxyl groups is 1. The summed E-state index contributed by atoms with van der Waals surface area (Å²) in [6, 6.07) is 5.38. The first-order chi connectivity index (χ1) is 9.43. The zero-order valence-electron chi connectivity index (χ0n) is 11.7. The maximum atomic E-state index is 13.0. The number of rotatable bonds is 3. The van der Waals surface area contributed by atoms with Gasteiger partial charge in [0.25, 0.3) is 0 Å². The summed E-state index contributed by atoms with van der Waals surface area (Å²) >= 11 is 0. The average molecular weight is 286 g/mol. The topological polar surface area (TPSA) is 20.2 Å². The molecule has 1 aromatic rings. The molecule has 0 aliphatic heterocycles. The van der Waals surface area contributed by atoms with Crippen LogP contribution in [0.15, 0.2) is 24.3 Å². The summed E-state index contributed by atoms with van der Waals surface area (Å²) in [4.78, 5) is 0. The van der Waals surface area contributed by atoms with Crippen LogP contribution >= 0.6 is 0 Å². The molecule has 1 N–H and O–H groups in total. The van der Waals surface area contributed by atoms with Crippen molar-refractivity contribution in [2.45, 2.75) is 51.3 Å². The van der Waals surface area contributed by atoms with Crippen LogP contribution in [0.2, 0.25) is 0 Å². The van der Waals surface area contributed by atoms with Crippen LogP contribution < -0.4 is 0 Å². The fourth-order valence-electron chi connectivity index (χ4n) is 3.18. The second-order valence-corrected chi connectivity index (χ2v) is 5.72. The van der Waals surface area contributed by atoms with E-state index in [2.05, 4.69) is 6.92 Å². The van der Waals surface area contributed by atoms with E-state index in [1.54, 1.807) is 6.07 Å². The normalized spacial score (nSPS) is 25.4. The van der Waals surface area contributed by atoms with E-state index in [1.807, 2.05) is 0 Å². The van der Waals surface area contributed by atoms with E-state index in [-0.39, 0.29) is 11.5 Å². The number of hydrogen-bond donors (Lipinski definition) is 1. The van der Waals surface area contributed by atoms with E-state index in [4.69, 9.17) is 0 Å². The molecule has 0 radical (unpaired) electrons. The highest BCUT2D eigenvalue weighted by Gasteiger charge is 2.37. The first kappa shape index (κ1) is 15.4. The Kier molecular flexibility index (Phi) is 4.74. The van der Waals surface area contributed by atoms with E-state index in [0.717, 1.165) is 38.2 Å². The lowest BCUT2D eigenvalue weighted by Crippen LogP contribution is -2.22. The van der Waals surface area contributed by atoms with Gasteiger partial charge < -0.3 is 5.11 Å². The first-order valence-corrected chi connectivity index (χ1v) is 7.27. The van der Waals surface area contributed by atoms with E-state index < -0.39 is 17.8 Å². The lowest BCUT2D eigenvalue weighted by atomic mass is 9.76. The monoisotopic (exact) mass is 286 g/mol. The van der Waals surface area contributed by atoms with Gasteiger partial charge in [-0.1, -0.05) is 44.4 Å². The van der Waals surface area contributed by atoms with Crippen LogP contribution in [0.4, 0.5) is 13.2 Å². The van der Waals surface area contributed by atoms with Gasteiger partial charge in [0.05, 0.1) is 11.7 Å². The Labute approximate surface area is 117 Å². The quantitative estimate of drug-likeness (QED) is 0.833. The third kappa shape index (κ3) is 3.35. The van der Waals surface area contributed by atoms with Crippen molar-refractivity contribution in [3.63, 3.8) is 0 Å². The Bertz CT molecular complexity index is 434. The molecule has 0 bridgehead atoms. The lowest BCUT2D eigenvalue weighted by Gasteiger charge is -2.32. The van der Waals surface area contributed by atoms with Crippen molar-refractivity contribution >= 4 is 0 Å². The summed E-state index contributed by atoms with van der Waals surface area (Å²) in [5.41, 5.74) is -0.676. The van der Waals surface area contributed by atoms with E-state index >= 15 is 0 Å². The van der Waals surface area contributed by atoms with E-state index in [0.29, 0.717) is 5.92 Å². The zero-order valence-corrected chi connectivity index (χ0v) is 11.7. The van der Waals surface area contributed by atoms with Crippen molar-refractivity contribution in [1.82, 2.24) is 0 Å². The minimum atomic E-state index is -4.40. The molecule has 20 heavy (non-hydrogen) atoms. The maximum Gasteiger partial charge on any atom is 0.416 e. The standard InChI is InChI=1S/C16H21F3O/c1-2-11-7-9-12(10-8-11)15(20)13-5-3-4-6-14(13)16(17,18)19/h3-6,11-12,15,20H,2,7-10H2,1H3.